The second kappa shape index (κ2) is 9.75. The van der Waals surface area contributed by atoms with Gasteiger partial charge in [-0.25, -0.2) is 0 Å². The van der Waals surface area contributed by atoms with Crippen LogP contribution in [0.2, 0.25) is 0 Å². The van der Waals surface area contributed by atoms with E-state index in [0.717, 1.165) is 19.1 Å². The molecule has 2 rings (SSSR count). The van der Waals surface area contributed by atoms with Gasteiger partial charge in [0.2, 0.25) is 0 Å². The van der Waals surface area contributed by atoms with E-state index in [1.807, 2.05) is 0 Å². The van der Waals surface area contributed by atoms with Crippen molar-refractivity contribution in [1.29, 1.82) is 0 Å². The van der Waals surface area contributed by atoms with Crippen LogP contribution >= 0.6 is 0 Å². The zero-order chi connectivity index (χ0) is 15.0. The second-order valence-corrected chi connectivity index (χ2v) is 7.15. The zero-order valence-electron chi connectivity index (χ0n) is 14.4. The molecule has 0 amide bonds. The second-order valence-electron chi connectivity index (χ2n) is 7.15. The molecule has 120 valence electrons. The van der Waals surface area contributed by atoms with Crippen LogP contribution in [0.5, 0.6) is 0 Å². The maximum atomic E-state index is 5.80. The summed E-state index contributed by atoms with van der Waals surface area (Å²) in [5.41, 5.74) is 0. The average Bonchev–Trinajstić information content (AvgIpc) is 2.40. The normalized spacial score (nSPS) is 25.6. The molecule has 0 aliphatic carbocycles. The van der Waals surface area contributed by atoms with Gasteiger partial charge in [0, 0.05) is 45.4 Å². The number of piperazine rings is 1. The lowest BCUT2D eigenvalue weighted by Crippen LogP contribution is -2.51. The largest absolute Gasteiger partial charge is 0.377 e. The third-order valence-electron chi connectivity index (χ3n) is 3.87. The minimum absolute atomic E-state index is 0.513. The molecule has 2 aliphatic rings. The molecule has 0 aromatic rings. The Hall–Kier alpha value is -0.120. The highest BCUT2D eigenvalue weighted by Crippen LogP contribution is 2.15. The van der Waals surface area contributed by atoms with Gasteiger partial charge in [0.05, 0.1) is 6.10 Å². The number of rotatable bonds is 3. The third-order valence-corrected chi connectivity index (χ3v) is 3.87. The van der Waals surface area contributed by atoms with Crippen LogP contribution in [0.1, 0.15) is 53.9 Å². The molecule has 2 saturated heterocycles. The Morgan fingerprint density at radius 3 is 2.00 bits per heavy atom. The van der Waals surface area contributed by atoms with Gasteiger partial charge in [0.1, 0.15) is 0 Å². The van der Waals surface area contributed by atoms with E-state index in [1.165, 1.54) is 45.4 Å². The number of hydrogen-bond acceptors (Lipinski definition) is 3. The molecule has 0 aromatic carbocycles. The molecule has 2 heterocycles. The van der Waals surface area contributed by atoms with Gasteiger partial charge < -0.3 is 4.74 Å². The predicted molar refractivity (Wildman–Crippen MR) is 87.3 cm³/mol. The maximum absolute atomic E-state index is 5.80. The van der Waals surface area contributed by atoms with E-state index in [1.54, 1.807) is 0 Å². The molecular formula is C17H36N2O. The summed E-state index contributed by atoms with van der Waals surface area (Å²) < 4.78 is 5.80. The molecule has 0 N–H and O–H groups in total. The SMILES string of the molecule is CC(C)C.CC(C)N1CCN(CC2CCCCO2)CC1. The maximum Gasteiger partial charge on any atom is 0.0702 e. The molecule has 0 bridgehead atoms. The predicted octanol–water partition coefficient (Wildman–Crippen LogP) is 3.24. The Kier molecular flexibility index (Phi) is 8.74. The smallest absolute Gasteiger partial charge is 0.0702 e. The summed E-state index contributed by atoms with van der Waals surface area (Å²) in [6, 6.07) is 0.702. The van der Waals surface area contributed by atoms with Gasteiger partial charge in [-0.2, -0.15) is 0 Å². The highest BCUT2D eigenvalue weighted by atomic mass is 16.5. The Balaban J connectivity index is 0.000000444. The van der Waals surface area contributed by atoms with Gasteiger partial charge in [-0.05, 0) is 39.0 Å². The first-order valence-corrected chi connectivity index (χ1v) is 8.57. The van der Waals surface area contributed by atoms with Gasteiger partial charge in [-0.3, -0.25) is 9.80 Å². The van der Waals surface area contributed by atoms with Gasteiger partial charge in [0.15, 0.2) is 0 Å². The van der Waals surface area contributed by atoms with Crippen molar-refractivity contribution in [3.8, 4) is 0 Å². The van der Waals surface area contributed by atoms with Crippen molar-refractivity contribution in [2.75, 3.05) is 39.3 Å². The summed E-state index contributed by atoms with van der Waals surface area (Å²) >= 11 is 0. The molecule has 3 nitrogen and oxygen atoms in total. The van der Waals surface area contributed by atoms with Crippen molar-refractivity contribution in [1.82, 2.24) is 9.80 Å². The molecule has 3 heteroatoms. The fraction of sp³-hybridized carbons (Fsp3) is 1.00. The van der Waals surface area contributed by atoms with Crippen LogP contribution in [-0.2, 0) is 4.74 Å². The Bertz CT molecular complexity index is 226. The quantitative estimate of drug-likeness (QED) is 0.791. The van der Waals surface area contributed by atoms with Crippen molar-refractivity contribution in [2.24, 2.45) is 5.92 Å². The van der Waals surface area contributed by atoms with Crippen LogP contribution in [0.25, 0.3) is 0 Å². The summed E-state index contributed by atoms with van der Waals surface area (Å²) in [5, 5.41) is 0. The Morgan fingerprint density at radius 1 is 0.950 bits per heavy atom. The molecule has 2 aliphatic heterocycles. The lowest BCUT2D eigenvalue weighted by Gasteiger charge is -2.38. The standard InChI is InChI=1S/C13H26N2O.C4H10/c1-12(2)15-8-6-14(7-9-15)11-13-5-3-4-10-16-13;1-4(2)3/h12-13H,3-11H2,1-2H3;4H,1-3H3. The van der Waals surface area contributed by atoms with E-state index >= 15 is 0 Å². The third kappa shape index (κ3) is 7.61. The van der Waals surface area contributed by atoms with Crippen molar-refractivity contribution in [3.63, 3.8) is 0 Å². The Morgan fingerprint density at radius 2 is 1.55 bits per heavy atom. The van der Waals surface area contributed by atoms with Crippen LogP contribution in [0.3, 0.4) is 0 Å². The molecule has 1 unspecified atom stereocenters. The highest BCUT2D eigenvalue weighted by Gasteiger charge is 2.22. The fourth-order valence-corrected chi connectivity index (χ4v) is 2.70. The average molecular weight is 284 g/mol. The summed E-state index contributed by atoms with van der Waals surface area (Å²) in [6.45, 7) is 18.1. The molecule has 0 radical (unpaired) electrons. The molecule has 2 fully saturated rings. The molecule has 0 saturated carbocycles. The van der Waals surface area contributed by atoms with Gasteiger partial charge in [0.25, 0.3) is 0 Å². The van der Waals surface area contributed by atoms with Crippen LogP contribution in [0, 0.1) is 5.92 Å². The van der Waals surface area contributed by atoms with Gasteiger partial charge >= 0.3 is 0 Å². The number of hydrogen-bond donors (Lipinski definition) is 0. The van der Waals surface area contributed by atoms with Crippen molar-refractivity contribution in [2.45, 2.75) is 66.0 Å². The van der Waals surface area contributed by atoms with Crippen molar-refractivity contribution >= 4 is 0 Å². The lowest BCUT2D eigenvalue weighted by molar-refractivity contribution is -0.0159. The lowest BCUT2D eigenvalue weighted by atomic mass is 10.1. The topological polar surface area (TPSA) is 15.7 Å². The first kappa shape index (κ1) is 17.9. The molecule has 20 heavy (non-hydrogen) atoms. The summed E-state index contributed by atoms with van der Waals surface area (Å²) in [6.07, 6.45) is 4.40. The number of ether oxygens (including phenoxy) is 1. The summed E-state index contributed by atoms with van der Waals surface area (Å²) in [4.78, 5) is 5.15. The summed E-state index contributed by atoms with van der Waals surface area (Å²) in [7, 11) is 0. The van der Waals surface area contributed by atoms with Crippen molar-refractivity contribution in [3.05, 3.63) is 0 Å². The summed E-state index contributed by atoms with van der Waals surface area (Å²) in [5.74, 6) is 0.833. The molecular weight excluding hydrogens is 248 g/mol. The van der Waals surface area contributed by atoms with Crippen LogP contribution in [0.15, 0.2) is 0 Å². The monoisotopic (exact) mass is 284 g/mol. The van der Waals surface area contributed by atoms with E-state index in [4.69, 9.17) is 4.74 Å². The van der Waals surface area contributed by atoms with Crippen LogP contribution < -0.4 is 0 Å². The first-order chi connectivity index (χ1) is 9.49. The van der Waals surface area contributed by atoms with E-state index in [2.05, 4.69) is 44.4 Å². The highest BCUT2D eigenvalue weighted by molar-refractivity contribution is 4.77. The van der Waals surface area contributed by atoms with Crippen LogP contribution in [0.4, 0.5) is 0 Å². The zero-order valence-corrected chi connectivity index (χ0v) is 14.4. The van der Waals surface area contributed by atoms with E-state index in [-0.39, 0.29) is 0 Å². The first-order valence-electron chi connectivity index (χ1n) is 8.57. The van der Waals surface area contributed by atoms with Gasteiger partial charge in [-0.1, -0.05) is 20.8 Å². The molecule has 0 spiro atoms. The van der Waals surface area contributed by atoms with Crippen LogP contribution in [-0.4, -0.2) is 61.3 Å². The number of nitrogens with zero attached hydrogens (tertiary/aromatic N) is 2. The van der Waals surface area contributed by atoms with E-state index in [9.17, 15) is 0 Å². The van der Waals surface area contributed by atoms with Gasteiger partial charge in [-0.15, -0.1) is 0 Å². The molecule has 1 atom stereocenters. The van der Waals surface area contributed by atoms with Crippen molar-refractivity contribution < 1.29 is 4.74 Å². The molecule has 0 aromatic heterocycles. The minimum Gasteiger partial charge on any atom is -0.377 e. The van der Waals surface area contributed by atoms with E-state index in [0.29, 0.717) is 12.1 Å². The fourth-order valence-electron chi connectivity index (χ4n) is 2.70. The Labute approximate surface area is 126 Å². The minimum atomic E-state index is 0.513. The van der Waals surface area contributed by atoms with E-state index < -0.39 is 0 Å².